The second-order valence-electron chi connectivity index (χ2n) is 12.8. The Balaban J connectivity index is 1.73. The largest absolute Gasteiger partial charge is 0.494 e. The van der Waals surface area contributed by atoms with Crippen LogP contribution in [0.3, 0.4) is 0 Å². The Morgan fingerprint density at radius 3 is 2.42 bits per heavy atom. The third-order valence-electron chi connectivity index (χ3n) is 9.96. The van der Waals surface area contributed by atoms with Gasteiger partial charge in [-0.2, -0.15) is 0 Å². The number of unbranched alkanes of at least 4 members (excludes halogenated alkanes) is 3. The number of carbonyl (C=O) groups is 3. The Hall–Kier alpha value is -2.78. The molecule has 0 radical (unpaired) electrons. The summed E-state index contributed by atoms with van der Waals surface area (Å²) in [7, 11) is 0. The van der Waals surface area contributed by atoms with E-state index in [1.54, 1.807) is 28.8 Å². The first-order valence-electron chi connectivity index (χ1n) is 16.9. The van der Waals surface area contributed by atoms with Crippen LogP contribution in [0.2, 0.25) is 0 Å². The van der Waals surface area contributed by atoms with Gasteiger partial charge in [0.1, 0.15) is 11.8 Å². The van der Waals surface area contributed by atoms with Crippen LogP contribution in [0.15, 0.2) is 49.6 Å². The molecule has 2 bridgehead atoms. The van der Waals surface area contributed by atoms with E-state index in [4.69, 9.17) is 4.74 Å². The van der Waals surface area contributed by atoms with E-state index in [0.29, 0.717) is 26.2 Å². The summed E-state index contributed by atoms with van der Waals surface area (Å²) in [6, 6.07) is 6.87. The number of ether oxygens (including phenoxy) is 1. The van der Waals surface area contributed by atoms with Gasteiger partial charge in [0.25, 0.3) is 0 Å². The number of carbonyl (C=O) groups excluding carboxylic acids is 3. The van der Waals surface area contributed by atoms with E-state index in [1.165, 1.54) is 0 Å². The number of thioether (sulfide) groups is 1. The fourth-order valence-corrected chi connectivity index (χ4v) is 10.4. The lowest BCUT2D eigenvalue weighted by molar-refractivity contribution is -0.144. The molecule has 0 saturated carbocycles. The summed E-state index contributed by atoms with van der Waals surface area (Å²) in [6.07, 6.45) is 9.30. The highest BCUT2D eigenvalue weighted by Crippen LogP contribution is 2.69. The zero-order valence-electron chi connectivity index (χ0n) is 27.7. The molecule has 4 unspecified atom stereocenters. The van der Waals surface area contributed by atoms with Gasteiger partial charge in [-0.15, -0.1) is 24.9 Å². The molecule has 1 N–H and O–H groups in total. The summed E-state index contributed by atoms with van der Waals surface area (Å²) in [4.78, 5) is 49.5. The average Bonchev–Trinajstić information content (AvgIpc) is 3.62. The van der Waals surface area contributed by atoms with Crippen molar-refractivity contribution in [3.8, 4) is 5.75 Å². The van der Waals surface area contributed by atoms with Gasteiger partial charge in [-0.05, 0) is 69.7 Å². The summed E-state index contributed by atoms with van der Waals surface area (Å²) in [5.41, 5.74) is 0.739. The number of likely N-dealkylation sites (tertiary alicyclic amines) is 1. The van der Waals surface area contributed by atoms with Crippen LogP contribution in [0.5, 0.6) is 5.75 Å². The van der Waals surface area contributed by atoms with Crippen LogP contribution in [0.25, 0.3) is 0 Å². The standard InChI is InChI=1S/C36H53N3O5S/c1-7-15-26(6)37(20-8-2)35(43)32-36-25(5)24-29(45-36)30(31(36)34(42)39(32)22-13-11-12-14-23-40)33(41)38(21-9-3)27-16-18-28(19-17-27)44-10-4/h8-9,16-19,25-26,29-32,40H,2-3,7,10-15,20-24H2,1,4-6H3/t25?,26?,29-,30+,31-,32?,36?/m0/s1. The maximum Gasteiger partial charge on any atom is 0.247 e. The SMILES string of the molecule is C=CCN(C(=O)[C@@H]1[C@@H]2CC(C)C3(S2)C(C(=O)N(CC=C)C(C)CCC)N(CCCCCCO)C(=O)[C@H]13)c1ccc(OCC)cc1. The molecule has 3 aliphatic rings. The highest BCUT2D eigenvalue weighted by atomic mass is 32.2. The molecule has 45 heavy (non-hydrogen) atoms. The van der Waals surface area contributed by atoms with Gasteiger partial charge < -0.3 is 24.5 Å². The van der Waals surface area contributed by atoms with Crippen LogP contribution >= 0.6 is 11.8 Å². The lowest BCUT2D eigenvalue weighted by Crippen LogP contribution is -2.58. The summed E-state index contributed by atoms with van der Waals surface area (Å²) >= 11 is 1.72. The molecule has 0 aromatic heterocycles. The van der Waals surface area contributed by atoms with E-state index < -0.39 is 22.6 Å². The fraction of sp³-hybridized carbons (Fsp3) is 0.639. The molecule has 8 nitrogen and oxygen atoms in total. The van der Waals surface area contributed by atoms with E-state index in [9.17, 15) is 19.5 Å². The molecule has 3 aliphatic heterocycles. The molecule has 0 aliphatic carbocycles. The van der Waals surface area contributed by atoms with Crippen molar-refractivity contribution in [2.24, 2.45) is 17.8 Å². The number of hydrogen-bond donors (Lipinski definition) is 1. The number of nitrogens with zero attached hydrogens (tertiary/aromatic N) is 3. The fourth-order valence-electron chi connectivity index (χ4n) is 7.95. The molecule has 1 spiro atoms. The molecule has 3 amide bonds. The average molecular weight is 640 g/mol. The van der Waals surface area contributed by atoms with Crippen molar-refractivity contribution >= 4 is 35.2 Å². The predicted octanol–water partition coefficient (Wildman–Crippen LogP) is 5.70. The maximum absolute atomic E-state index is 14.8. The quantitative estimate of drug-likeness (QED) is 0.164. The van der Waals surface area contributed by atoms with Crippen molar-refractivity contribution < 1.29 is 24.2 Å². The summed E-state index contributed by atoms with van der Waals surface area (Å²) in [5, 5.41) is 9.22. The summed E-state index contributed by atoms with van der Waals surface area (Å²) in [6.45, 7) is 18.1. The van der Waals surface area contributed by atoms with Gasteiger partial charge in [-0.25, -0.2) is 0 Å². The number of anilines is 1. The van der Waals surface area contributed by atoms with E-state index >= 15 is 0 Å². The van der Waals surface area contributed by atoms with Crippen LogP contribution in [-0.2, 0) is 14.4 Å². The highest BCUT2D eigenvalue weighted by molar-refractivity contribution is 8.02. The number of fused-ring (bicyclic) bond motifs is 1. The minimum Gasteiger partial charge on any atom is -0.494 e. The van der Waals surface area contributed by atoms with E-state index in [0.717, 1.165) is 56.4 Å². The summed E-state index contributed by atoms with van der Waals surface area (Å²) < 4.78 is 4.95. The van der Waals surface area contributed by atoms with E-state index in [2.05, 4.69) is 33.9 Å². The van der Waals surface area contributed by atoms with Crippen molar-refractivity contribution in [3.05, 3.63) is 49.6 Å². The molecule has 3 saturated heterocycles. The number of rotatable bonds is 18. The molecular weight excluding hydrogens is 586 g/mol. The number of benzene rings is 1. The Kier molecular flexibility index (Phi) is 12.2. The minimum atomic E-state index is -0.672. The Morgan fingerprint density at radius 1 is 1.11 bits per heavy atom. The maximum atomic E-state index is 14.8. The van der Waals surface area contributed by atoms with Gasteiger partial charge in [0, 0.05) is 43.2 Å². The number of aliphatic hydroxyl groups is 1. The first kappa shape index (κ1) is 35.1. The normalized spacial score (nSPS) is 27.3. The molecular formula is C36H53N3O5S. The molecule has 248 valence electrons. The van der Waals surface area contributed by atoms with Crippen molar-refractivity contribution in [2.45, 2.75) is 94.7 Å². The van der Waals surface area contributed by atoms with Gasteiger partial charge >= 0.3 is 0 Å². The third kappa shape index (κ3) is 6.71. The number of amides is 3. The van der Waals surface area contributed by atoms with Crippen LogP contribution in [-0.4, -0.2) is 87.6 Å². The lowest BCUT2D eigenvalue weighted by Gasteiger charge is -2.42. The number of hydrogen-bond acceptors (Lipinski definition) is 6. The van der Waals surface area contributed by atoms with Crippen molar-refractivity contribution in [1.29, 1.82) is 0 Å². The summed E-state index contributed by atoms with van der Waals surface area (Å²) in [5.74, 6) is -0.435. The van der Waals surface area contributed by atoms with Gasteiger partial charge in [0.15, 0.2) is 0 Å². The highest BCUT2D eigenvalue weighted by Gasteiger charge is 2.76. The Bertz CT molecular complexity index is 1210. The van der Waals surface area contributed by atoms with Crippen molar-refractivity contribution in [2.75, 3.05) is 37.7 Å². The molecule has 1 aromatic carbocycles. The molecule has 3 fully saturated rings. The second kappa shape index (κ2) is 15.7. The predicted molar refractivity (Wildman–Crippen MR) is 182 cm³/mol. The smallest absolute Gasteiger partial charge is 0.247 e. The lowest BCUT2D eigenvalue weighted by atomic mass is 9.65. The van der Waals surface area contributed by atoms with Gasteiger partial charge in [-0.3, -0.25) is 14.4 Å². The Labute approximate surface area is 274 Å². The first-order valence-corrected chi connectivity index (χ1v) is 17.7. The van der Waals surface area contributed by atoms with Gasteiger partial charge in [-0.1, -0.05) is 45.3 Å². The topological polar surface area (TPSA) is 90.4 Å². The minimum absolute atomic E-state index is 0.0107. The first-order chi connectivity index (χ1) is 21.7. The molecule has 1 aromatic rings. The van der Waals surface area contributed by atoms with Crippen LogP contribution in [0.1, 0.15) is 72.6 Å². The van der Waals surface area contributed by atoms with Crippen LogP contribution < -0.4 is 9.64 Å². The van der Waals surface area contributed by atoms with E-state index in [-0.39, 0.29) is 41.5 Å². The zero-order chi connectivity index (χ0) is 32.7. The molecule has 4 rings (SSSR count). The molecule has 3 heterocycles. The van der Waals surface area contributed by atoms with Crippen LogP contribution in [0, 0.1) is 17.8 Å². The zero-order valence-corrected chi connectivity index (χ0v) is 28.5. The van der Waals surface area contributed by atoms with Crippen molar-refractivity contribution in [1.82, 2.24) is 9.80 Å². The van der Waals surface area contributed by atoms with Crippen molar-refractivity contribution in [3.63, 3.8) is 0 Å². The number of aliphatic hydroxyl groups excluding tert-OH is 1. The second-order valence-corrected chi connectivity index (χ2v) is 14.4. The molecule has 9 heteroatoms. The molecule has 7 atom stereocenters. The van der Waals surface area contributed by atoms with Crippen LogP contribution in [0.4, 0.5) is 5.69 Å². The van der Waals surface area contributed by atoms with Gasteiger partial charge in [0.2, 0.25) is 17.7 Å². The van der Waals surface area contributed by atoms with Gasteiger partial charge in [0.05, 0.1) is 23.2 Å². The monoisotopic (exact) mass is 639 g/mol. The van der Waals surface area contributed by atoms with E-state index in [1.807, 2.05) is 41.0 Å². The third-order valence-corrected chi connectivity index (χ3v) is 12.0. The Morgan fingerprint density at radius 2 is 1.80 bits per heavy atom.